The first kappa shape index (κ1) is 19.9. The largest absolute Gasteiger partial charge is 0.375 e. The number of aromatic nitrogens is 2. The van der Waals surface area contributed by atoms with Gasteiger partial charge in [-0.15, -0.1) is 0 Å². The quantitative estimate of drug-likeness (QED) is 0.653. The second-order valence-corrected chi connectivity index (χ2v) is 6.06. The molecular weight excluding hydrogens is 332 g/mol. The lowest BCUT2D eigenvalue weighted by Crippen LogP contribution is -2.34. The van der Waals surface area contributed by atoms with Gasteiger partial charge in [-0.2, -0.15) is 0 Å². The Balaban J connectivity index is 2.10. The molecule has 7 nitrogen and oxygen atoms in total. The van der Waals surface area contributed by atoms with Gasteiger partial charge in [0.15, 0.2) is 0 Å². The predicted octanol–water partition coefficient (Wildman–Crippen LogP) is 1.60. The zero-order valence-corrected chi connectivity index (χ0v) is 15.8. The standard InChI is InChI=1S/C19H28N4O3/c1-4-22(5-2)19(25)13-23-16-10-7-6-9-15(16)21-17(23)11-8-12-20-18(24)14-26-3/h6-7,9-10H,4-5,8,11-14H2,1-3H3,(H,20,24). The van der Waals surface area contributed by atoms with Crippen LogP contribution in [0.5, 0.6) is 0 Å². The van der Waals surface area contributed by atoms with E-state index in [4.69, 9.17) is 4.74 Å². The normalized spacial score (nSPS) is 10.9. The van der Waals surface area contributed by atoms with Gasteiger partial charge in [-0.1, -0.05) is 12.1 Å². The summed E-state index contributed by atoms with van der Waals surface area (Å²) in [4.78, 5) is 30.5. The van der Waals surface area contributed by atoms with Crippen molar-refractivity contribution in [3.63, 3.8) is 0 Å². The number of imidazole rings is 1. The number of fused-ring (bicyclic) bond motifs is 1. The van der Waals surface area contributed by atoms with Crippen LogP contribution >= 0.6 is 0 Å². The van der Waals surface area contributed by atoms with Gasteiger partial charge < -0.3 is 19.5 Å². The van der Waals surface area contributed by atoms with Crippen molar-refractivity contribution in [1.82, 2.24) is 19.8 Å². The molecule has 0 aliphatic carbocycles. The molecule has 2 amide bonds. The van der Waals surface area contributed by atoms with Crippen LogP contribution in [-0.2, 0) is 27.3 Å². The molecule has 0 aliphatic rings. The minimum atomic E-state index is -0.127. The molecule has 1 aromatic heterocycles. The topological polar surface area (TPSA) is 76.5 Å². The smallest absolute Gasteiger partial charge is 0.245 e. The van der Waals surface area contributed by atoms with Crippen molar-refractivity contribution in [3.8, 4) is 0 Å². The van der Waals surface area contributed by atoms with E-state index in [1.807, 2.05) is 47.6 Å². The van der Waals surface area contributed by atoms with Crippen LogP contribution in [0.1, 0.15) is 26.1 Å². The van der Waals surface area contributed by atoms with Crippen molar-refractivity contribution in [2.45, 2.75) is 33.2 Å². The monoisotopic (exact) mass is 360 g/mol. The fourth-order valence-corrected chi connectivity index (χ4v) is 2.96. The summed E-state index contributed by atoms with van der Waals surface area (Å²) in [5.74, 6) is 0.832. The van der Waals surface area contributed by atoms with E-state index < -0.39 is 0 Å². The maximum atomic E-state index is 12.6. The van der Waals surface area contributed by atoms with Crippen molar-refractivity contribution in [1.29, 1.82) is 0 Å². The molecule has 0 atom stereocenters. The molecule has 2 aromatic rings. The van der Waals surface area contributed by atoms with Crippen LogP contribution in [0.3, 0.4) is 0 Å². The highest BCUT2D eigenvalue weighted by molar-refractivity contribution is 5.81. The molecule has 2 rings (SSSR count). The van der Waals surface area contributed by atoms with Crippen molar-refractivity contribution in [2.75, 3.05) is 33.4 Å². The number of methoxy groups -OCH3 is 1. The molecule has 0 saturated carbocycles. The Hall–Kier alpha value is -2.41. The first-order valence-corrected chi connectivity index (χ1v) is 9.08. The summed E-state index contributed by atoms with van der Waals surface area (Å²) in [7, 11) is 1.49. The molecule has 0 unspecified atom stereocenters. The maximum absolute atomic E-state index is 12.6. The average Bonchev–Trinajstić information content (AvgIpc) is 2.98. The van der Waals surface area contributed by atoms with Crippen LogP contribution in [-0.4, -0.2) is 59.6 Å². The van der Waals surface area contributed by atoms with E-state index in [0.29, 0.717) is 26.1 Å². The molecule has 142 valence electrons. The van der Waals surface area contributed by atoms with E-state index in [-0.39, 0.29) is 25.0 Å². The SMILES string of the molecule is CCN(CC)C(=O)Cn1c(CCCNC(=O)COC)nc2ccccc21. The van der Waals surface area contributed by atoms with Crippen molar-refractivity contribution < 1.29 is 14.3 Å². The number of hydrogen-bond donors (Lipinski definition) is 1. The number of nitrogens with one attached hydrogen (secondary N) is 1. The highest BCUT2D eigenvalue weighted by Gasteiger charge is 2.16. The Kier molecular flexibility index (Phi) is 7.59. The van der Waals surface area contributed by atoms with Crippen LogP contribution in [0.25, 0.3) is 11.0 Å². The number of carbonyl (C=O) groups is 2. The molecule has 0 fully saturated rings. The molecule has 0 bridgehead atoms. The Labute approximate surface area is 154 Å². The first-order chi connectivity index (χ1) is 12.6. The molecule has 7 heteroatoms. The number of nitrogens with zero attached hydrogens (tertiary/aromatic N) is 3. The lowest BCUT2D eigenvalue weighted by atomic mass is 10.3. The predicted molar refractivity (Wildman–Crippen MR) is 101 cm³/mol. The minimum absolute atomic E-state index is 0.0664. The molecule has 1 N–H and O–H groups in total. The van der Waals surface area contributed by atoms with Gasteiger partial charge in [-0.3, -0.25) is 9.59 Å². The van der Waals surface area contributed by atoms with E-state index >= 15 is 0 Å². The molecule has 1 aromatic carbocycles. The molecule has 1 heterocycles. The minimum Gasteiger partial charge on any atom is -0.375 e. The summed E-state index contributed by atoms with van der Waals surface area (Å²) in [6.45, 7) is 6.26. The highest BCUT2D eigenvalue weighted by atomic mass is 16.5. The third kappa shape index (κ3) is 5.05. The van der Waals surface area contributed by atoms with E-state index in [0.717, 1.165) is 23.3 Å². The third-order valence-electron chi connectivity index (χ3n) is 4.32. The number of carbonyl (C=O) groups excluding carboxylic acids is 2. The number of ether oxygens (including phenoxy) is 1. The Morgan fingerprint density at radius 3 is 2.65 bits per heavy atom. The van der Waals surface area contributed by atoms with Crippen LogP contribution in [0.15, 0.2) is 24.3 Å². The molecule has 0 radical (unpaired) electrons. The average molecular weight is 360 g/mol. The number of amides is 2. The fraction of sp³-hybridized carbons (Fsp3) is 0.526. The van der Waals surface area contributed by atoms with E-state index in [1.165, 1.54) is 7.11 Å². The second kappa shape index (κ2) is 9.91. The van der Waals surface area contributed by atoms with E-state index in [1.54, 1.807) is 0 Å². The number of aryl methyl sites for hydroxylation is 1. The highest BCUT2D eigenvalue weighted by Crippen LogP contribution is 2.17. The lowest BCUT2D eigenvalue weighted by molar-refractivity contribution is -0.131. The van der Waals surface area contributed by atoms with E-state index in [2.05, 4.69) is 10.3 Å². The Morgan fingerprint density at radius 2 is 1.96 bits per heavy atom. The molecular formula is C19H28N4O3. The van der Waals surface area contributed by atoms with Crippen molar-refractivity contribution in [2.24, 2.45) is 0 Å². The summed E-state index contributed by atoms with van der Waals surface area (Å²) in [6, 6.07) is 7.84. The van der Waals surface area contributed by atoms with Crippen LogP contribution in [0.2, 0.25) is 0 Å². The van der Waals surface area contributed by atoms with Gasteiger partial charge in [0.1, 0.15) is 19.0 Å². The summed E-state index contributed by atoms with van der Waals surface area (Å²) in [5.41, 5.74) is 1.85. The number of para-hydroxylation sites is 2. The molecule has 0 saturated heterocycles. The van der Waals surface area contributed by atoms with Crippen LogP contribution < -0.4 is 5.32 Å². The summed E-state index contributed by atoms with van der Waals surface area (Å²) in [6.07, 6.45) is 1.44. The number of benzene rings is 1. The van der Waals surface area contributed by atoms with E-state index in [9.17, 15) is 9.59 Å². The van der Waals surface area contributed by atoms with Crippen LogP contribution in [0, 0.1) is 0 Å². The summed E-state index contributed by atoms with van der Waals surface area (Å²) < 4.78 is 6.79. The van der Waals surface area contributed by atoms with Gasteiger partial charge >= 0.3 is 0 Å². The van der Waals surface area contributed by atoms with Crippen molar-refractivity contribution >= 4 is 22.8 Å². The zero-order valence-electron chi connectivity index (χ0n) is 15.8. The van der Waals surface area contributed by atoms with Gasteiger partial charge in [0.25, 0.3) is 0 Å². The zero-order chi connectivity index (χ0) is 18.9. The van der Waals surface area contributed by atoms with Gasteiger partial charge in [0.05, 0.1) is 11.0 Å². The molecule has 0 aliphatic heterocycles. The third-order valence-corrected chi connectivity index (χ3v) is 4.32. The second-order valence-electron chi connectivity index (χ2n) is 6.06. The Bertz CT molecular complexity index is 737. The first-order valence-electron chi connectivity index (χ1n) is 9.08. The number of rotatable bonds is 10. The fourth-order valence-electron chi connectivity index (χ4n) is 2.96. The van der Waals surface area contributed by atoms with Crippen molar-refractivity contribution in [3.05, 3.63) is 30.1 Å². The lowest BCUT2D eigenvalue weighted by Gasteiger charge is -2.20. The number of hydrogen-bond acceptors (Lipinski definition) is 4. The van der Waals surface area contributed by atoms with Gasteiger partial charge in [0, 0.05) is 33.2 Å². The van der Waals surface area contributed by atoms with Crippen LogP contribution in [0.4, 0.5) is 0 Å². The summed E-state index contributed by atoms with van der Waals surface area (Å²) in [5, 5.41) is 2.81. The van der Waals surface area contributed by atoms with Gasteiger partial charge in [0.2, 0.25) is 11.8 Å². The molecule has 0 spiro atoms. The van der Waals surface area contributed by atoms with Gasteiger partial charge in [-0.25, -0.2) is 4.98 Å². The Morgan fingerprint density at radius 1 is 1.23 bits per heavy atom. The number of likely N-dealkylation sites (N-methyl/N-ethyl adjacent to an activating group) is 1. The van der Waals surface area contributed by atoms with Gasteiger partial charge in [-0.05, 0) is 32.4 Å². The molecule has 26 heavy (non-hydrogen) atoms. The summed E-state index contributed by atoms with van der Waals surface area (Å²) >= 11 is 0. The maximum Gasteiger partial charge on any atom is 0.245 e.